The zero-order valence-electron chi connectivity index (χ0n) is 13.7. The van der Waals surface area contributed by atoms with E-state index in [9.17, 15) is 14.7 Å². The molecule has 26 heavy (non-hydrogen) atoms. The van der Waals surface area contributed by atoms with Crippen molar-refractivity contribution in [2.45, 2.75) is 11.2 Å². The maximum absolute atomic E-state index is 12.5. The molecule has 2 aromatic rings. The minimum absolute atomic E-state index is 0.0295. The number of aromatic carboxylic acids is 1. The SMILES string of the molecule is O=C(O)c1ccccc1C(=O)Nc1cnc2c(c1)C(C1CN=CS1)CN2. The molecule has 8 heteroatoms. The van der Waals surface area contributed by atoms with Crippen molar-refractivity contribution in [1.29, 1.82) is 0 Å². The number of carbonyl (C=O) groups is 2. The summed E-state index contributed by atoms with van der Waals surface area (Å²) in [7, 11) is 0. The Morgan fingerprint density at radius 1 is 1.27 bits per heavy atom. The molecule has 0 spiro atoms. The molecule has 0 saturated carbocycles. The molecule has 1 aromatic carbocycles. The summed E-state index contributed by atoms with van der Waals surface area (Å²) in [4.78, 5) is 32.5. The minimum atomic E-state index is -1.13. The van der Waals surface area contributed by atoms with Crippen LogP contribution in [0.2, 0.25) is 0 Å². The van der Waals surface area contributed by atoms with Crippen molar-refractivity contribution in [2.75, 3.05) is 23.7 Å². The van der Waals surface area contributed by atoms with Crippen LogP contribution in [-0.2, 0) is 0 Å². The Bertz CT molecular complexity index is 907. The number of aromatic nitrogens is 1. The Kier molecular flexibility index (Phi) is 4.34. The maximum Gasteiger partial charge on any atom is 0.336 e. The second kappa shape index (κ2) is 6.80. The number of carboxylic acids is 1. The first-order valence-electron chi connectivity index (χ1n) is 8.14. The van der Waals surface area contributed by atoms with Gasteiger partial charge in [-0.15, -0.1) is 11.8 Å². The third kappa shape index (κ3) is 3.03. The van der Waals surface area contributed by atoms with Crippen LogP contribution in [0.1, 0.15) is 32.2 Å². The van der Waals surface area contributed by atoms with E-state index in [0.717, 1.165) is 24.5 Å². The van der Waals surface area contributed by atoms with E-state index in [4.69, 9.17) is 0 Å². The lowest BCUT2D eigenvalue weighted by atomic mass is 9.98. The van der Waals surface area contributed by atoms with Gasteiger partial charge in [0.2, 0.25) is 0 Å². The van der Waals surface area contributed by atoms with Gasteiger partial charge < -0.3 is 15.7 Å². The summed E-state index contributed by atoms with van der Waals surface area (Å²) in [6, 6.07) is 8.05. The van der Waals surface area contributed by atoms with E-state index in [1.807, 2.05) is 11.6 Å². The average molecular weight is 368 g/mol. The van der Waals surface area contributed by atoms with Crippen molar-refractivity contribution in [1.82, 2.24) is 4.98 Å². The number of amides is 1. The topological polar surface area (TPSA) is 104 Å². The number of hydrogen-bond acceptors (Lipinski definition) is 6. The fraction of sp³-hybridized carbons (Fsp3) is 0.222. The molecule has 4 rings (SSSR count). The van der Waals surface area contributed by atoms with Gasteiger partial charge in [-0.3, -0.25) is 9.79 Å². The van der Waals surface area contributed by atoms with Gasteiger partial charge in [-0.25, -0.2) is 9.78 Å². The number of nitrogens with one attached hydrogen (secondary N) is 2. The summed E-state index contributed by atoms with van der Waals surface area (Å²) in [5.74, 6) is -0.504. The summed E-state index contributed by atoms with van der Waals surface area (Å²) in [5.41, 5.74) is 3.57. The predicted molar refractivity (Wildman–Crippen MR) is 102 cm³/mol. The molecule has 1 aromatic heterocycles. The summed E-state index contributed by atoms with van der Waals surface area (Å²) in [5, 5.41) is 15.7. The quantitative estimate of drug-likeness (QED) is 0.767. The predicted octanol–water partition coefficient (Wildman–Crippen LogP) is 2.68. The highest BCUT2D eigenvalue weighted by molar-refractivity contribution is 8.12. The van der Waals surface area contributed by atoms with Crippen LogP contribution in [0.5, 0.6) is 0 Å². The number of carbonyl (C=O) groups excluding carboxylic acids is 1. The van der Waals surface area contributed by atoms with Gasteiger partial charge >= 0.3 is 5.97 Å². The van der Waals surface area contributed by atoms with E-state index in [1.165, 1.54) is 12.1 Å². The molecule has 0 fully saturated rings. The van der Waals surface area contributed by atoms with Crippen molar-refractivity contribution < 1.29 is 14.7 Å². The lowest BCUT2D eigenvalue weighted by Crippen LogP contribution is -2.18. The van der Waals surface area contributed by atoms with E-state index in [-0.39, 0.29) is 17.0 Å². The molecule has 0 radical (unpaired) electrons. The molecule has 3 heterocycles. The Morgan fingerprint density at radius 2 is 2.08 bits per heavy atom. The van der Waals surface area contributed by atoms with Crippen molar-refractivity contribution in [3.05, 3.63) is 53.2 Å². The number of nitrogens with zero attached hydrogens (tertiary/aromatic N) is 2. The normalized spacial score (nSPS) is 20.5. The molecule has 1 amide bonds. The molecule has 3 N–H and O–H groups in total. The first-order valence-corrected chi connectivity index (χ1v) is 9.09. The van der Waals surface area contributed by atoms with Crippen LogP contribution in [0.25, 0.3) is 0 Å². The summed E-state index contributed by atoms with van der Waals surface area (Å²) >= 11 is 1.71. The largest absolute Gasteiger partial charge is 0.478 e. The van der Waals surface area contributed by atoms with E-state index >= 15 is 0 Å². The average Bonchev–Trinajstić information content (AvgIpc) is 3.30. The highest BCUT2D eigenvalue weighted by Crippen LogP contribution is 2.39. The molecule has 0 aliphatic carbocycles. The first-order chi connectivity index (χ1) is 12.6. The standard InChI is InChI=1S/C18H16N4O3S/c23-17(11-3-1-2-4-12(11)18(24)25)22-10-5-13-14(15-8-19-9-26-15)7-21-16(13)20-6-10/h1-6,9,14-15H,7-8H2,(H,20,21)(H,22,23)(H,24,25). The number of aliphatic imine (C=N–C) groups is 1. The molecule has 7 nitrogen and oxygen atoms in total. The van der Waals surface area contributed by atoms with Crippen molar-refractivity contribution >= 4 is 40.7 Å². The number of fused-ring (bicyclic) bond motifs is 1. The van der Waals surface area contributed by atoms with Crippen LogP contribution in [0, 0.1) is 0 Å². The first kappa shape index (κ1) is 16.6. The molecule has 132 valence electrons. The molecular weight excluding hydrogens is 352 g/mol. The van der Waals surface area contributed by atoms with Gasteiger partial charge in [0, 0.05) is 23.3 Å². The van der Waals surface area contributed by atoms with Crippen LogP contribution < -0.4 is 10.6 Å². The third-order valence-electron chi connectivity index (χ3n) is 4.51. The number of benzene rings is 1. The zero-order chi connectivity index (χ0) is 18.1. The molecule has 2 unspecified atom stereocenters. The van der Waals surface area contributed by atoms with E-state index < -0.39 is 11.9 Å². The van der Waals surface area contributed by atoms with Gasteiger partial charge in [-0.05, 0) is 18.2 Å². The van der Waals surface area contributed by atoms with Crippen molar-refractivity contribution in [2.24, 2.45) is 4.99 Å². The van der Waals surface area contributed by atoms with Crippen molar-refractivity contribution in [3.63, 3.8) is 0 Å². The Labute approximate surface area is 153 Å². The molecular formula is C18H16N4O3S. The van der Waals surface area contributed by atoms with Crippen LogP contribution in [0.15, 0.2) is 41.5 Å². The second-order valence-corrected chi connectivity index (χ2v) is 7.19. The summed E-state index contributed by atoms with van der Waals surface area (Å²) in [6.07, 6.45) is 1.58. The van der Waals surface area contributed by atoms with Crippen LogP contribution in [-0.4, -0.2) is 45.9 Å². The van der Waals surface area contributed by atoms with Gasteiger partial charge in [0.1, 0.15) is 5.82 Å². The van der Waals surface area contributed by atoms with Crippen LogP contribution in [0.3, 0.4) is 0 Å². The molecule has 2 aliphatic rings. The van der Waals surface area contributed by atoms with E-state index in [1.54, 1.807) is 30.1 Å². The number of hydrogen-bond donors (Lipinski definition) is 3. The summed E-state index contributed by atoms with van der Waals surface area (Å²) < 4.78 is 0. The lowest BCUT2D eigenvalue weighted by molar-refractivity contribution is 0.0692. The molecule has 0 bridgehead atoms. The number of pyridine rings is 1. The fourth-order valence-electron chi connectivity index (χ4n) is 3.23. The maximum atomic E-state index is 12.5. The Balaban J connectivity index is 1.57. The molecule has 2 atom stereocenters. The van der Waals surface area contributed by atoms with Gasteiger partial charge in [-0.2, -0.15) is 0 Å². The number of carboxylic acid groups (broad SMARTS) is 1. The highest BCUT2D eigenvalue weighted by Gasteiger charge is 2.32. The van der Waals surface area contributed by atoms with Crippen molar-refractivity contribution in [3.8, 4) is 0 Å². The van der Waals surface area contributed by atoms with E-state index in [0.29, 0.717) is 10.9 Å². The fourth-order valence-corrected chi connectivity index (χ4v) is 4.16. The van der Waals surface area contributed by atoms with Gasteiger partial charge in [-0.1, -0.05) is 12.1 Å². The monoisotopic (exact) mass is 368 g/mol. The van der Waals surface area contributed by atoms with Crippen LogP contribution >= 0.6 is 11.8 Å². The van der Waals surface area contributed by atoms with Crippen LogP contribution in [0.4, 0.5) is 11.5 Å². The minimum Gasteiger partial charge on any atom is -0.478 e. The van der Waals surface area contributed by atoms with E-state index in [2.05, 4.69) is 20.6 Å². The highest BCUT2D eigenvalue weighted by atomic mass is 32.2. The number of thioether (sulfide) groups is 1. The Morgan fingerprint density at radius 3 is 2.81 bits per heavy atom. The molecule has 0 saturated heterocycles. The number of anilines is 2. The lowest BCUT2D eigenvalue weighted by Gasteiger charge is -2.16. The third-order valence-corrected chi connectivity index (χ3v) is 5.61. The smallest absolute Gasteiger partial charge is 0.336 e. The van der Waals surface area contributed by atoms with Gasteiger partial charge in [0.15, 0.2) is 0 Å². The second-order valence-electron chi connectivity index (χ2n) is 6.10. The van der Waals surface area contributed by atoms with Gasteiger partial charge in [0.05, 0.1) is 35.1 Å². The number of rotatable bonds is 4. The summed E-state index contributed by atoms with van der Waals surface area (Å²) in [6.45, 7) is 1.57. The zero-order valence-corrected chi connectivity index (χ0v) is 14.5. The Hall–Kier alpha value is -2.87. The van der Waals surface area contributed by atoms with Gasteiger partial charge in [0.25, 0.3) is 5.91 Å². The molecule has 2 aliphatic heterocycles.